The summed E-state index contributed by atoms with van der Waals surface area (Å²) in [7, 11) is 0. The van der Waals surface area contributed by atoms with E-state index in [1.807, 2.05) is 13.8 Å². The molecule has 0 aromatic rings. The third-order valence-corrected chi connectivity index (χ3v) is 8.16. The van der Waals surface area contributed by atoms with Crippen molar-refractivity contribution in [1.82, 2.24) is 0 Å². The Hall–Kier alpha value is -1.71. The second kappa shape index (κ2) is 16.1. The molecule has 0 fully saturated rings. The lowest BCUT2D eigenvalue weighted by Crippen LogP contribution is -2.52. The second-order valence-corrected chi connectivity index (χ2v) is 11.0. The molecule has 0 aromatic heterocycles. The van der Waals surface area contributed by atoms with Crippen LogP contribution in [-0.2, 0) is 19.1 Å². The number of hydrogen-bond acceptors (Lipinski definition) is 4. The van der Waals surface area contributed by atoms with E-state index in [4.69, 9.17) is 4.74 Å². The van der Waals surface area contributed by atoms with Crippen molar-refractivity contribution in [2.75, 3.05) is 6.61 Å². The Morgan fingerprint density at radius 1 is 0.771 bits per heavy atom. The number of ether oxygens (including phenoxy) is 1. The van der Waals surface area contributed by atoms with Crippen LogP contribution in [0.3, 0.4) is 0 Å². The summed E-state index contributed by atoms with van der Waals surface area (Å²) in [5, 5.41) is 0. The predicted octanol–water partition coefficient (Wildman–Crippen LogP) is 8.23. The summed E-state index contributed by atoms with van der Waals surface area (Å²) in [4.78, 5) is 38.4. The lowest BCUT2D eigenvalue weighted by atomic mass is 9.59. The van der Waals surface area contributed by atoms with Gasteiger partial charge in [-0.1, -0.05) is 114 Å². The minimum Gasteiger partial charge on any atom is -0.465 e. The third-order valence-electron chi connectivity index (χ3n) is 8.16. The molecule has 2 atom stereocenters. The summed E-state index contributed by atoms with van der Waals surface area (Å²) in [6, 6.07) is 0. The van der Waals surface area contributed by atoms with E-state index in [0.717, 1.165) is 30.4 Å². The Bertz CT molecular complexity index is 747. The number of carbonyl (C=O) groups is 3. The van der Waals surface area contributed by atoms with Gasteiger partial charge in [-0.15, -0.1) is 0 Å². The molecule has 0 aliphatic heterocycles. The van der Waals surface area contributed by atoms with Gasteiger partial charge in [0, 0.05) is 5.92 Å². The molecule has 0 aromatic carbocycles. The van der Waals surface area contributed by atoms with Gasteiger partial charge in [0.25, 0.3) is 0 Å². The van der Waals surface area contributed by atoms with Crippen molar-refractivity contribution in [2.45, 2.75) is 136 Å². The van der Waals surface area contributed by atoms with Gasteiger partial charge in [0.05, 0.1) is 6.61 Å². The molecule has 2 rings (SSSR count). The van der Waals surface area contributed by atoms with Gasteiger partial charge in [-0.05, 0) is 45.3 Å². The Labute approximate surface area is 214 Å². The van der Waals surface area contributed by atoms with Gasteiger partial charge in [-0.2, -0.15) is 0 Å². The molecule has 198 valence electrons. The van der Waals surface area contributed by atoms with Gasteiger partial charge in [0.2, 0.25) is 0 Å². The summed E-state index contributed by atoms with van der Waals surface area (Å²) in [6.07, 6.45) is 24.1. The first-order valence-corrected chi connectivity index (χ1v) is 14.5. The van der Waals surface area contributed by atoms with Crippen molar-refractivity contribution in [3.05, 3.63) is 23.3 Å². The van der Waals surface area contributed by atoms with Crippen molar-refractivity contribution in [2.24, 2.45) is 11.3 Å². The van der Waals surface area contributed by atoms with E-state index >= 15 is 0 Å². The third kappa shape index (κ3) is 9.03. The van der Waals surface area contributed by atoms with Crippen molar-refractivity contribution in [1.29, 1.82) is 0 Å². The summed E-state index contributed by atoms with van der Waals surface area (Å²) in [5.41, 5.74) is 0.787. The van der Waals surface area contributed by atoms with E-state index in [0.29, 0.717) is 19.4 Å². The molecule has 2 aliphatic rings. The molecule has 4 heteroatoms. The Kier molecular flexibility index (Phi) is 13.6. The zero-order valence-electron chi connectivity index (χ0n) is 22.8. The van der Waals surface area contributed by atoms with Crippen LogP contribution in [0, 0.1) is 11.3 Å². The maximum atomic E-state index is 13.1. The van der Waals surface area contributed by atoms with E-state index in [9.17, 15) is 14.4 Å². The smallest absolute Gasteiger partial charge is 0.321 e. The van der Waals surface area contributed by atoms with Gasteiger partial charge < -0.3 is 4.74 Å². The highest BCUT2D eigenvalue weighted by Gasteiger charge is 2.57. The predicted molar refractivity (Wildman–Crippen MR) is 143 cm³/mol. The fourth-order valence-corrected chi connectivity index (χ4v) is 5.63. The van der Waals surface area contributed by atoms with E-state index < -0.39 is 17.3 Å². The number of unbranched alkanes of at least 4 members (excludes halogenated alkanes) is 15. The van der Waals surface area contributed by atoms with E-state index in [2.05, 4.69) is 6.92 Å². The standard InChI is InChI=1S/C31H50O4/c1-4-5-6-7-8-9-10-11-12-13-14-15-16-17-18-19-22-35-30(34)31-24-26(3)25(2)23-27(31)28(32)20-21-29(31)33/h20-21,27H,4-19,22-24H2,1-3H3/t27-,31+/m1/s1. The molecular weight excluding hydrogens is 436 g/mol. The number of carbonyl (C=O) groups excluding carboxylic acids is 3. The average Bonchev–Trinajstić information content (AvgIpc) is 2.84. The number of fused-ring (bicyclic) bond motifs is 1. The molecule has 35 heavy (non-hydrogen) atoms. The van der Waals surface area contributed by atoms with E-state index in [1.54, 1.807) is 0 Å². The van der Waals surface area contributed by atoms with Crippen LogP contribution < -0.4 is 0 Å². The lowest BCUT2D eigenvalue weighted by Gasteiger charge is -2.41. The molecule has 0 heterocycles. The van der Waals surface area contributed by atoms with Crippen LogP contribution in [0.1, 0.15) is 136 Å². The molecule has 0 amide bonds. The first-order chi connectivity index (χ1) is 16.9. The fourth-order valence-electron chi connectivity index (χ4n) is 5.63. The first-order valence-electron chi connectivity index (χ1n) is 14.5. The monoisotopic (exact) mass is 486 g/mol. The number of rotatable bonds is 18. The minimum atomic E-state index is -1.34. The summed E-state index contributed by atoms with van der Waals surface area (Å²) in [6.45, 7) is 6.54. The van der Waals surface area contributed by atoms with Gasteiger partial charge in [0.1, 0.15) is 5.41 Å². The molecular formula is C31H50O4. The Morgan fingerprint density at radius 3 is 1.77 bits per heavy atom. The molecule has 0 bridgehead atoms. The highest BCUT2D eigenvalue weighted by molar-refractivity contribution is 6.18. The lowest BCUT2D eigenvalue weighted by molar-refractivity contribution is -0.166. The van der Waals surface area contributed by atoms with Crippen molar-refractivity contribution in [3.63, 3.8) is 0 Å². The molecule has 0 spiro atoms. The van der Waals surface area contributed by atoms with Gasteiger partial charge >= 0.3 is 5.97 Å². The highest BCUT2D eigenvalue weighted by atomic mass is 16.5. The summed E-state index contributed by atoms with van der Waals surface area (Å²) >= 11 is 0. The maximum Gasteiger partial charge on any atom is 0.321 e. The highest BCUT2D eigenvalue weighted by Crippen LogP contribution is 2.48. The molecule has 2 aliphatic carbocycles. The van der Waals surface area contributed by atoms with Crippen LogP contribution in [0.5, 0.6) is 0 Å². The molecule has 0 saturated heterocycles. The van der Waals surface area contributed by atoms with E-state index in [1.165, 1.54) is 95.6 Å². The normalized spacial score (nSPS) is 22.0. The van der Waals surface area contributed by atoms with Crippen LogP contribution in [0.25, 0.3) is 0 Å². The maximum absolute atomic E-state index is 13.1. The quantitative estimate of drug-likeness (QED) is 0.0847. The molecule has 4 nitrogen and oxygen atoms in total. The zero-order chi connectivity index (χ0) is 25.5. The number of esters is 1. The second-order valence-electron chi connectivity index (χ2n) is 11.0. The average molecular weight is 487 g/mol. The van der Waals surface area contributed by atoms with Crippen molar-refractivity contribution >= 4 is 17.5 Å². The topological polar surface area (TPSA) is 60.4 Å². The van der Waals surface area contributed by atoms with Crippen LogP contribution in [0.4, 0.5) is 0 Å². The summed E-state index contributed by atoms with van der Waals surface area (Å²) in [5.74, 6) is -1.51. The van der Waals surface area contributed by atoms with Crippen LogP contribution >= 0.6 is 0 Å². The van der Waals surface area contributed by atoms with Gasteiger partial charge in [-0.25, -0.2) is 0 Å². The zero-order valence-corrected chi connectivity index (χ0v) is 22.8. The van der Waals surface area contributed by atoms with Crippen LogP contribution in [-0.4, -0.2) is 24.1 Å². The van der Waals surface area contributed by atoms with Crippen molar-refractivity contribution in [3.8, 4) is 0 Å². The molecule has 0 radical (unpaired) electrons. The molecule has 0 saturated carbocycles. The number of hydrogen-bond donors (Lipinski definition) is 0. The SMILES string of the molecule is CCCCCCCCCCCCCCCCCCOC(=O)[C@@]12CC(C)=C(C)C[C@@H]1C(=O)C=CC2=O. The molecule has 0 N–H and O–H groups in total. The van der Waals surface area contributed by atoms with Crippen molar-refractivity contribution < 1.29 is 19.1 Å². The van der Waals surface area contributed by atoms with Gasteiger partial charge in [0.15, 0.2) is 11.6 Å². The van der Waals surface area contributed by atoms with Gasteiger partial charge in [-0.3, -0.25) is 14.4 Å². The molecule has 0 unspecified atom stereocenters. The van der Waals surface area contributed by atoms with E-state index in [-0.39, 0.29) is 11.6 Å². The Morgan fingerprint density at radius 2 is 1.26 bits per heavy atom. The summed E-state index contributed by atoms with van der Waals surface area (Å²) < 4.78 is 5.59. The Balaban J connectivity index is 1.53. The number of allylic oxidation sites excluding steroid dienone is 4. The number of ketones is 2. The minimum absolute atomic E-state index is 0.129. The largest absolute Gasteiger partial charge is 0.465 e. The first kappa shape index (κ1) is 29.5. The van der Waals surface area contributed by atoms with Crippen LogP contribution in [0.15, 0.2) is 23.3 Å². The fraction of sp³-hybridized carbons (Fsp3) is 0.774. The van der Waals surface area contributed by atoms with Crippen LogP contribution in [0.2, 0.25) is 0 Å².